The molecular formula is C19H30ClN3O4. The Hall–Kier alpha value is -1.83. The second-order valence-corrected chi connectivity index (χ2v) is 6.31. The molecule has 8 heteroatoms. The van der Waals surface area contributed by atoms with Gasteiger partial charge in [-0.05, 0) is 25.0 Å². The van der Waals surface area contributed by atoms with Crippen LogP contribution in [0.25, 0.3) is 0 Å². The second-order valence-electron chi connectivity index (χ2n) is 6.31. The molecule has 1 aliphatic rings. The van der Waals surface area contributed by atoms with Crippen LogP contribution >= 0.6 is 12.4 Å². The SMILES string of the molecule is COCCNCCNC(=O)C1CCCN(C(=O)COc2ccccc2)C1.Cl. The highest BCUT2D eigenvalue weighted by Gasteiger charge is 2.28. The summed E-state index contributed by atoms with van der Waals surface area (Å²) >= 11 is 0. The van der Waals surface area contributed by atoms with Gasteiger partial charge in [0.1, 0.15) is 5.75 Å². The van der Waals surface area contributed by atoms with E-state index < -0.39 is 0 Å². The molecule has 0 spiro atoms. The zero-order valence-corrected chi connectivity index (χ0v) is 16.6. The van der Waals surface area contributed by atoms with Gasteiger partial charge in [-0.15, -0.1) is 12.4 Å². The number of carbonyl (C=O) groups is 2. The zero-order chi connectivity index (χ0) is 18.6. The number of nitrogens with one attached hydrogen (secondary N) is 2. The molecule has 2 rings (SSSR count). The van der Waals surface area contributed by atoms with E-state index in [2.05, 4.69) is 10.6 Å². The van der Waals surface area contributed by atoms with Crippen LogP contribution in [0.15, 0.2) is 30.3 Å². The largest absolute Gasteiger partial charge is 0.484 e. The van der Waals surface area contributed by atoms with Gasteiger partial charge in [-0.3, -0.25) is 9.59 Å². The Balaban J connectivity index is 0.00000364. The molecule has 1 aliphatic heterocycles. The van der Waals surface area contributed by atoms with Gasteiger partial charge in [0.2, 0.25) is 5.91 Å². The Morgan fingerprint density at radius 3 is 2.70 bits per heavy atom. The van der Waals surface area contributed by atoms with Crippen molar-refractivity contribution >= 4 is 24.2 Å². The summed E-state index contributed by atoms with van der Waals surface area (Å²) in [5.74, 6) is 0.462. The average Bonchev–Trinajstić information content (AvgIpc) is 2.69. The van der Waals surface area contributed by atoms with Gasteiger partial charge in [-0.2, -0.15) is 0 Å². The van der Waals surface area contributed by atoms with Crippen LogP contribution in [0.3, 0.4) is 0 Å². The Labute approximate surface area is 167 Å². The van der Waals surface area contributed by atoms with Crippen molar-refractivity contribution in [1.29, 1.82) is 0 Å². The number of rotatable bonds is 10. The van der Waals surface area contributed by atoms with E-state index in [0.29, 0.717) is 38.5 Å². The van der Waals surface area contributed by atoms with Crippen LogP contribution in [0.5, 0.6) is 5.75 Å². The van der Waals surface area contributed by atoms with Crippen molar-refractivity contribution in [2.24, 2.45) is 5.92 Å². The molecule has 27 heavy (non-hydrogen) atoms. The van der Waals surface area contributed by atoms with Gasteiger partial charge in [-0.1, -0.05) is 18.2 Å². The van der Waals surface area contributed by atoms with Gasteiger partial charge in [0.25, 0.3) is 5.91 Å². The highest BCUT2D eigenvalue weighted by atomic mass is 35.5. The highest BCUT2D eigenvalue weighted by molar-refractivity contribution is 5.85. The van der Waals surface area contributed by atoms with Crippen LogP contribution in [0.4, 0.5) is 0 Å². The minimum Gasteiger partial charge on any atom is -0.484 e. The maximum Gasteiger partial charge on any atom is 0.260 e. The summed E-state index contributed by atoms with van der Waals surface area (Å²) in [5, 5.41) is 6.12. The third-order valence-corrected chi connectivity index (χ3v) is 4.33. The molecular weight excluding hydrogens is 370 g/mol. The van der Waals surface area contributed by atoms with E-state index in [1.807, 2.05) is 30.3 Å². The summed E-state index contributed by atoms with van der Waals surface area (Å²) in [5.41, 5.74) is 0. The number of amides is 2. The topological polar surface area (TPSA) is 79.9 Å². The van der Waals surface area contributed by atoms with Crippen LogP contribution in [0, 0.1) is 5.92 Å². The fourth-order valence-electron chi connectivity index (χ4n) is 2.89. The first-order chi connectivity index (χ1) is 12.7. The minimum atomic E-state index is -0.150. The van der Waals surface area contributed by atoms with Gasteiger partial charge >= 0.3 is 0 Å². The first-order valence-electron chi connectivity index (χ1n) is 9.13. The fourth-order valence-corrected chi connectivity index (χ4v) is 2.89. The number of halogens is 1. The van der Waals surface area contributed by atoms with E-state index in [0.717, 1.165) is 19.4 Å². The maximum absolute atomic E-state index is 12.3. The van der Waals surface area contributed by atoms with Crippen LogP contribution < -0.4 is 15.4 Å². The normalized spacial score (nSPS) is 16.3. The van der Waals surface area contributed by atoms with E-state index in [4.69, 9.17) is 9.47 Å². The average molecular weight is 400 g/mol. The maximum atomic E-state index is 12.3. The smallest absolute Gasteiger partial charge is 0.260 e. The van der Waals surface area contributed by atoms with Crippen molar-refractivity contribution in [1.82, 2.24) is 15.5 Å². The molecule has 1 aromatic rings. The molecule has 1 aromatic carbocycles. The molecule has 0 saturated carbocycles. The first kappa shape index (κ1) is 23.2. The standard InChI is InChI=1S/C19H29N3O4.ClH/c1-25-13-11-20-9-10-21-19(24)16-6-5-12-22(14-16)18(23)15-26-17-7-3-2-4-8-17;/h2-4,7-8,16,20H,5-6,9-15H2,1H3,(H,21,24);1H. The number of likely N-dealkylation sites (tertiary alicyclic amines) is 1. The van der Waals surface area contributed by atoms with Gasteiger partial charge < -0.3 is 25.0 Å². The summed E-state index contributed by atoms with van der Waals surface area (Å²) in [4.78, 5) is 26.4. The summed E-state index contributed by atoms with van der Waals surface area (Å²) < 4.78 is 10.5. The fraction of sp³-hybridized carbons (Fsp3) is 0.579. The number of ether oxygens (including phenoxy) is 2. The summed E-state index contributed by atoms with van der Waals surface area (Å²) in [6.45, 7) is 3.83. The number of para-hydroxylation sites is 1. The lowest BCUT2D eigenvalue weighted by Gasteiger charge is -2.32. The molecule has 0 radical (unpaired) electrons. The number of nitrogens with zero attached hydrogens (tertiary/aromatic N) is 1. The van der Waals surface area contributed by atoms with Crippen molar-refractivity contribution < 1.29 is 19.1 Å². The number of benzene rings is 1. The number of hydrogen-bond donors (Lipinski definition) is 2. The Kier molecular flexibility index (Phi) is 11.5. The zero-order valence-electron chi connectivity index (χ0n) is 15.8. The molecule has 152 valence electrons. The second kappa shape index (κ2) is 13.4. The predicted octanol–water partition coefficient (Wildman–Crippen LogP) is 1.08. The molecule has 1 atom stereocenters. The predicted molar refractivity (Wildman–Crippen MR) is 106 cm³/mol. The minimum absolute atomic E-state index is 0. The number of hydrogen-bond acceptors (Lipinski definition) is 5. The Morgan fingerprint density at radius 1 is 1.19 bits per heavy atom. The molecule has 0 aromatic heterocycles. The van der Waals surface area contributed by atoms with E-state index >= 15 is 0 Å². The summed E-state index contributed by atoms with van der Waals surface area (Å²) in [7, 11) is 1.66. The number of carbonyl (C=O) groups excluding carboxylic acids is 2. The lowest BCUT2D eigenvalue weighted by atomic mass is 9.97. The molecule has 2 amide bonds. The number of methoxy groups -OCH3 is 1. The van der Waals surface area contributed by atoms with Crippen LogP contribution in [0.1, 0.15) is 12.8 Å². The van der Waals surface area contributed by atoms with Crippen molar-refractivity contribution in [3.8, 4) is 5.75 Å². The van der Waals surface area contributed by atoms with Crippen LogP contribution in [-0.2, 0) is 14.3 Å². The Bertz CT molecular complexity index is 559. The van der Waals surface area contributed by atoms with Gasteiger partial charge in [-0.25, -0.2) is 0 Å². The van der Waals surface area contributed by atoms with E-state index in [9.17, 15) is 9.59 Å². The van der Waals surface area contributed by atoms with Crippen molar-refractivity contribution in [3.63, 3.8) is 0 Å². The van der Waals surface area contributed by atoms with Gasteiger partial charge in [0.15, 0.2) is 6.61 Å². The first-order valence-corrected chi connectivity index (χ1v) is 9.13. The van der Waals surface area contributed by atoms with E-state index in [1.165, 1.54) is 0 Å². The number of piperidine rings is 1. The third kappa shape index (κ3) is 8.60. The lowest BCUT2D eigenvalue weighted by molar-refractivity contribution is -0.137. The monoisotopic (exact) mass is 399 g/mol. The quantitative estimate of drug-likeness (QED) is 0.575. The third-order valence-electron chi connectivity index (χ3n) is 4.33. The van der Waals surface area contributed by atoms with Crippen molar-refractivity contribution in [2.45, 2.75) is 12.8 Å². The molecule has 0 bridgehead atoms. The van der Waals surface area contributed by atoms with Gasteiger partial charge in [0.05, 0.1) is 12.5 Å². The summed E-state index contributed by atoms with van der Waals surface area (Å²) in [6, 6.07) is 9.27. The summed E-state index contributed by atoms with van der Waals surface area (Å²) in [6.07, 6.45) is 1.65. The molecule has 2 N–H and O–H groups in total. The van der Waals surface area contributed by atoms with Gasteiger partial charge in [0, 0.05) is 39.8 Å². The molecule has 0 aliphatic carbocycles. The van der Waals surface area contributed by atoms with E-state index in [1.54, 1.807) is 12.0 Å². The molecule has 1 fully saturated rings. The van der Waals surface area contributed by atoms with Crippen LogP contribution in [-0.4, -0.2) is 69.8 Å². The van der Waals surface area contributed by atoms with Crippen molar-refractivity contribution in [2.75, 3.05) is 53.0 Å². The molecule has 1 saturated heterocycles. The molecule has 1 unspecified atom stereocenters. The highest BCUT2D eigenvalue weighted by Crippen LogP contribution is 2.17. The molecule has 1 heterocycles. The van der Waals surface area contributed by atoms with Crippen molar-refractivity contribution in [3.05, 3.63) is 30.3 Å². The Morgan fingerprint density at radius 2 is 1.96 bits per heavy atom. The molecule has 7 nitrogen and oxygen atoms in total. The lowest BCUT2D eigenvalue weighted by Crippen LogP contribution is -2.47. The van der Waals surface area contributed by atoms with Crippen LogP contribution in [0.2, 0.25) is 0 Å². The van der Waals surface area contributed by atoms with E-state index in [-0.39, 0.29) is 36.7 Å².